The molecule has 0 saturated heterocycles. The largest absolute Gasteiger partial charge is 0.480 e. The summed E-state index contributed by atoms with van der Waals surface area (Å²) in [5.41, 5.74) is -1.01. The highest BCUT2D eigenvalue weighted by Gasteiger charge is 2.26. The molecule has 1 aromatic carbocycles. The Morgan fingerprint density at radius 1 is 1.50 bits per heavy atom. The summed E-state index contributed by atoms with van der Waals surface area (Å²) < 4.78 is 38.9. The number of carboxylic acid groups (broad SMARTS) is 1. The Hall–Kier alpha value is -2.07. The van der Waals surface area contributed by atoms with Gasteiger partial charge in [0.05, 0.1) is 15.4 Å². The number of carbonyl (C=O) groups is 1. The molecule has 0 heterocycles. The summed E-state index contributed by atoms with van der Waals surface area (Å²) in [4.78, 5) is 19.7. The lowest BCUT2D eigenvalue weighted by atomic mass is 10.2. The van der Waals surface area contributed by atoms with Gasteiger partial charge in [0.15, 0.2) is 0 Å². The van der Waals surface area contributed by atoms with Crippen LogP contribution in [0.15, 0.2) is 17.0 Å². The molecular weight excluding hydrogens is 295 g/mol. The lowest BCUT2D eigenvalue weighted by Gasteiger charge is -2.11. The number of halogens is 1. The van der Waals surface area contributed by atoms with Crippen molar-refractivity contribution in [3.8, 4) is 0 Å². The van der Waals surface area contributed by atoms with Gasteiger partial charge in [-0.3, -0.25) is 14.9 Å². The molecule has 0 aliphatic carbocycles. The molecule has 110 valence electrons. The zero-order chi connectivity index (χ0) is 15.7. The lowest BCUT2D eigenvalue weighted by Crippen LogP contribution is -2.38. The number of nitrogens with zero attached hydrogens (tertiary/aromatic N) is 1. The van der Waals surface area contributed by atoms with Crippen LogP contribution < -0.4 is 4.72 Å². The number of rotatable bonds is 5. The summed E-state index contributed by atoms with van der Waals surface area (Å²) >= 11 is 0. The number of hydrogen-bond donors (Lipinski definition) is 2. The molecule has 0 bridgehead atoms. The van der Waals surface area contributed by atoms with Gasteiger partial charge in [-0.25, -0.2) is 12.8 Å². The molecule has 2 N–H and O–H groups in total. The van der Waals surface area contributed by atoms with Crippen molar-refractivity contribution in [2.24, 2.45) is 0 Å². The van der Waals surface area contributed by atoms with Crippen molar-refractivity contribution >= 4 is 21.7 Å². The molecule has 0 fully saturated rings. The smallest absolute Gasteiger partial charge is 0.321 e. The average Bonchev–Trinajstić information content (AvgIpc) is 2.31. The van der Waals surface area contributed by atoms with Crippen molar-refractivity contribution in [3.63, 3.8) is 0 Å². The van der Waals surface area contributed by atoms with Crippen molar-refractivity contribution in [3.05, 3.63) is 33.6 Å². The van der Waals surface area contributed by atoms with Gasteiger partial charge in [-0.1, -0.05) is 0 Å². The molecule has 10 heteroatoms. The fraction of sp³-hybridized carbons (Fsp3) is 0.300. The Balaban J connectivity index is 3.33. The van der Waals surface area contributed by atoms with Crippen LogP contribution in [0.4, 0.5) is 10.1 Å². The van der Waals surface area contributed by atoms with E-state index in [9.17, 15) is 27.7 Å². The molecule has 0 aliphatic rings. The monoisotopic (exact) mass is 306 g/mol. The Bertz CT molecular complexity index is 673. The van der Waals surface area contributed by atoms with E-state index in [4.69, 9.17) is 5.11 Å². The number of nitro benzene ring substituents is 1. The fourth-order valence-corrected chi connectivity index (χ4v) is 2.56. The molecule has 0 radical (unpaired) electrons. The second kappa shape index (κ2) is 5.51. The van der Waals surface area contributed by atoms with Gasteiger partial charge in [-0.2, -0.15) is 4.72 Å². The van der Waals surface area contributed by atoms with Gasteiger partial charge < -0.3 is 5.11 Å². The van der Waals surface area contributed by atoms with E-state index in [2.05, 4.69) is 0 Å². The van der Waals surface area contributed by atoms with E-state index < -0.39 is 43.4 Å². The van der Waals surface area contributed by atoms with Crippen molar-refractivity contribution < 1.29 is 27.6 Å². The van der Waals surface area contributed by atoms with Crippen molar-refractivity contribution in [1.82, 2.24) is 4.72 Å². The average molecular weight is 306 g/mol. The first-order valence-electron chi connectivity index (χ1n) is 5.26. The van der Waals surface area contributed by atoms with E-state index in [0.717, 1.165) is 13.8 Å². The predicted octanol–water partition coefficient (Wildman–Crippen LogP) is 0.794. The van der Waals surface area contributed by atoms with Gasteiger partial charge in [0.1, 0.15) is 11.9 Å². The molecule has 0 spiro atoms. The minimum Gasteiger partial charge on any atom is -0.480 e. The molecular formula is C10H11FN2O6S. The quantitative estimate of drug-likeness (QED) is 0.611. The summed E-state index contributed by atoms with van der Waals surface area (Å²) in [7, 11) is -4.38. The van der Waals surface area contributed by atoms with Crippen LogP contribution in [0.1, 0.15) is 12.5 Å². The first kappa shape index (κ1) is 16.0. The van der Waals surface area contributed by atoms with Gasteiger partial charge in [0.25, 0.3) is 5.69 Å². The third-order valence-electron chi connectivity index (χ3n) is 2.50. The van der Waals surface area contributed by atoms with E-state index >= 15 is 0 Å². The fourth-order valence-electron chi connectivity index (χ4n) is 1.34. The number of carboxylic acids is 1. The van der Waals surface area contributed by atoms with Crippen LogP contribution in [0.25, 0.3) is 0 Å². The van der Waals surface area contributed by atoms with Gasteiger partial charge in [-0.15, -0.1) is 0 Å². The van der Waals surface area contributed by atoms with E-state index in [0.29, 0.717) is 12.1 Å². The van der Waals surface area contributed by atoms with Gasteiger partial charge in [0.2, 0.25) is 10.0 Å². The number of benzene rings is 1. The maximum Gasteiger partial charge on any atom is 0.321 e. The van der Waals surface area contributed by atoms with Crippen LogP contribution in [0.5, 0.6) is 0 Å². The van der Waals surface area contributed by atoms with Crippen molar-refractivity contribution in [2.75, 3.05) is 0 Å². The summed E-state index contributed by atoms with van der Waals surface area (Å²) in [5.74, 6) is -2.50. The maximum atomic E-state index is 13.5. The Morgan fingerprint density at radius 2 is 2.05 bits per heavy atom. The molecule has 1 atom stereocenters. The minimum absolute atomic E-state index is 0.305. The van der Waals surface area contributed by atoms with Crippen LogP contribution in [0.2, 0.25) is 0 Å². The maximum absolute atomic E-state index is 13.5. The highest BCUT2D eigenvalue weighted by atomic mass is 32.2. The predicted molar refractivity (Wildman–Crippen MR) is 65.2 cm³/mol. The van der Waals surface area contributed by atoms with E-state index in [1.807, 2.05) is 0 Å². The second-order valence-electron chi connectivity index (χ2n) is 3.99. The zero-order valence-corrected chi connectivity index (χ0v) is 11.3. The molecule has 8 nitrogen and oxygen atoms in total. The third kappa shape index (κ3) is 3.27. The number of aliphatic carboxylic acids is 1. The summed E-state index contributed by atoms with van der Waals surface area (Å²) in [6.45, 7) is 2.20. The molecule has 0 aliphatic heterocycles. The molecule has 0 aromatic heterocycles. The van der Waals surface area contributed by atoms with Crippen molar-refractivity contribution in [1.29, 1.82) is 0 Å². The van der Waals surface area contributed by atoms with Crippen molar-refractivity contribution in [2.45, 2.75) is 24.8 Å². The Morgan fingerprint density at radius 3 is 2.50 bits per heavy atom. The normalized spacial score (nSPS) is 12.9. The standard InChI is InChI=1S/C10H11FN2O6S/c1-5-8(11)3-7(4-9(5)13(16)17)20(18,19)12-6(2)10(14)15/h3-4,6,12H,1-2H3,(H,14,15)/t6-/m0/s1. The van der Waals surface area contributed by atoms with Gasteiger partial charge in [-0.05, 0) is 19.9 Å². The van der Waals surface area contributed by atoms with E-state index in [1.54, 1.807) is 4.72 Å². The number of nitro groups is 1. The first-order valence-corrected chi connectivity index (χ1v) is 6.74. The van der Waals surface area contributed by atoms with Crippen LogP contribution in [0, 0.1) is 22.9 Å². The SMILES string of the molecule is Cc1c(F)cc(S(=O)(=O)N[C@@H](C)C(=O)O)cc1[N+](=O)[O-]. The molecule has 1 rings (SSSR count). The highest BCUT2D eigenvalue weighted by molar-refractivity contribution is 7.89. The lowest BCUT2D eigenvalue weighted by molar-refractivity contribution is -0.385. The molecule has 0 saturated carbocycles. The van der Waals surface area contributed by atoms with Crippen LogP contribution in [0.3, 0.4) is 0 Å². The van der Waals surface area contributed by atoms with Crippen LogP contribution in [-0.4, -0.2) is 30.5 Å². The van der Waals surface area contributed by atoms with Gasteiger partial charge in [0, 0.05) is 6.07 Å². The molecule has 1 aromatic rings. The number of hydrogen-bond acceptors (Lipinski definition) is 5. The molecule has 20 heavy (non-hydrogen) atoms. The number of nitrogens with one attached hydrogen (secondary N) is 1. The topological polar surface area (TPSA) is 127 Å². The Kier molecular flexibility index (Phi) is 4.40. The van der Waals surface area contributed by atoms with Crippen LogP contribution in [-0.2, 0) is 14.8 Å². The van der Waals surface area contributed by atoms with E-state index in [-0.39, 0.29) is 5.56 Å². The zero-order valence-electron chi connectivity index (χ0n) is 10.5. The van der Waals surface area contributed by atoms with Crippen LogP contribution >= 0.6 is 0 Å². The molecule has 0 amide bonds. The Labute approximate surface area is 113 Å². The number of sulfonamides is 1. The van der Waals surface area contributed by atoms with E-state index in [1.165, 1.54) is 0 Å². The molecule has 0 unspecified atom stereocenters. The minimum atomic E-state index is -4.38. The first-order chi connectivity index (χ1) is 9.06. The summed E-state index contributed by atoms with van der Waals surface area (Å²) in [6.07, 6.45) is 0. The van der Waals surface area contributed by atoms with Gasteiger partial charge >= 0.3 is 5.97 Å². The highest BCUT2D eigenvalue weighted by Crippen LogP contribution is 2.25. The third-order valence-corrected chi connectivity index (χ3v) is 4.02. The summed E-state index contributed by atoms with van der Waals surface area (Å²) in [5, 5.41) is 19.3. The second-order valence-corrected chi connectivity index (χ2v) is 5.70. The summed E-state index contributed by atoms with van der Waals surface area (Å²) in [6, 6.07) is -0.183.